The van der Waals surface area contributed by atoms with Crippen molar-refractivity contribution in [3.63, 3.8) is 0 Å². The number of hydrogen-bond acceptors (Lipinski definition) is 4. The predicted molar refractivity (Wildman–Crippen MR) is 73.1 cm³/mol. The van der Waals surface area contributed by atoms with Crippen LogP contribution in [-0.4, -0.2) is 22.4 Å². The number of nitrogens with zero attached hydrogens (tertiary/aromatic N) is 4. The average molecular weight is 238 g/mol. The van der Waals surface area contributed by atoms with E-state index >= 15 is 0 Å². The molecule has 0 unspecified atom stereocenters. The Morgan fingerprint density at radius 3 is 1.61 bits per heavy atom. The molecule has 2 aromatic heterocycles. The zero-order valence-corrected chi connectivity index (χ0v) is 10.4. The summed E-state index contributed by atoms with van der Waals surface area (Å²) in [4.78, 5) is 8.59. The lowest BCUT2D eigenvalue weighted by Crippen LogP contribution is -1.90. The average Bonchev–Trinajstić information content (AvgIpc) is 2.35. The lowest BCUT2D eigenvalue weighted by molar-refractivity contribution is 1.16. The third kappa shape index (κ3) is 3.59. The molecule has 18 heavy (non-hydrogen) atoms. The Kier molecular flexibility index (Phi) is 3.91. The van der Waals surface area contributed by atoms with E-state index in [1.165, 1.54) is 0 Å². The second-order valence-electron chi connectivity index (χ2n) is 3.90. The van der Waals surface area contributed by atoms with Crippen LogP contribution < -0.4 is 0 Å². The van der Waals surface area contributed by atoms with Gasteiger partial charge in [0.25, 0.3) is 0 Å². The van der Waals surface area contributed by atoms with Crippen LogP contribution in [-0.2, 0) is 0 Å². The number of aryl methyl sites for hydroxylation is 2. The van der Waals surface area contributed by atoms with E-state index < -0.39 is 0 Å². The van der Waals surface area contributed by atoms with Crippen molar-refractivity contribution in [2.24, 2.45) is 10.2 Å². The number of pyridine rings is 2. The Hall–Kier alpha value is -2.36. The highest BCUT2D eigenvalue weighted by molar-refractivity contribution is 5.80. The van der Waals surface area contributed by atoms with Gasteiger partial charge in [0.05, 0.1) is 23.8 Å². The van der Waals surface area contributed by atoms with Gasteiger partial charge in [-0.3, -0.25) is 9.97 Å². The Balaban J connectivity index is 2.03. The molecule has 0 aliphatic heterocycles. The largest absolute Gasteiger partial charge is 0.252 e. The molecule has 2 aromatic rings. The van der Waals surface area contributed by atoms with Gasteiger partial charge < -0.3 is 0 Å². The van der Waals surface area contributed by atoms with Crippen LogP contribution in [0.4, 0.5) is 0 Å². The summed E-state index contributed by atoms with van der Waals surface area (Å²) < 4.78 is 0. The van der Waals surface area contributed by atoms with Crippen LogP contribution in [0.3, 0.4) is 0 Å². The number of rotatable bonds is 3. The van der Waals surface area contributed by atoms with Crippen LogP contribution in [0.1, 0.15) is 22.8 Å². The summed E-state index contributed by atoms with van der Waals surface area (Å²) in [6, 6.07) is 11.5. The first-order valence-electron chi connectivity index (χ1n) is 5.68. The predicted octanol–water partition coefficient (Wildman–Crippen LogP) is 2.55. The molecule has 0 amide bonds. The van der Waals surface area contributed by atoms with Crippen molar-refractivity contribution in [3.8, 4) is 0 Å². The van der Waals surface area contributed by atoms with Crippen molar-refractivity contribution < 1.29 is 0 Å². The van der Waals surface area contributed by atoms with Gasteiger partial charge in [0, 0.05) is 11.4 Å². The van der Waals surface area contributed by atoms with Gasteiger partial charge in [0.15, 0.2) is 0 Å². The molecule has 0 spiro atoms. The molecule has 0 atom stereocenters. The monoisotopic (exact) mass is 238 g/mol. The molecule has 0 saturated heterocycles. The standard InChI is InChI=1S/C14H14N4/c1-11-5-3-7-13(17-11)9-15-16-10-14-8-4-6-12(2)18-14/h3-10H,1-2H3/b15-9-,16-10+. The van der Waals surface area contributed by atoms with E-state index in [2.05, 4.69) is 20.2 Å². The van der Waals surface area contributed by atoms with Gasteiger partial charge in [-0.2, -0.15) is 10.2 Å². The van der Waals surface area contributed by atoms with E-state index in [9.17, 15) is 0 Å². The van der Waals surface area contributed by atoms with Crippen LogP contribution >= 0.6 is 0 Å². The minimum Gasteiger partial charge on any atom is -0.252 e. The molecule has 2 heterocycles. The number of aromatic nitrogens is 2. The smallest absolute Gasteiger partial charge is 0.0834 e. The molecule has 0 N–H and O–H groups in total. The topological polar surface area (TPSA) is 50.5 Å². The summed E-state index contributed by atoms with van der Waals surface area (Å²) in [5.41, 5.74) is 3.51. The first-order chi connectivity index (χ1) is 8.74. The molecule has 4 heteroatoms. The third-order valence-electron chi connectivity index (χ3n) is 2.27. The molecule has 0 aliphatic carbocycles. The molecular weight excluding hydrogens is 224 g/mol. The maximum Gasteiger partial charge on any atom is 0.0834 e. The van der Waals surface area contributed by atoms with E-state index in [0.717, 1.165) is 22.8 Å². The zero-order valence-electron chi connectivity index (χ0n) is 10.4. The second kappa shape index (κ2) is 5.82. The van der Waals surface area contributed by atoms with Gasteiger partial charge >= 0.3 is 0 Å². The minimum absolute atomic E-state index is 0.796. The minimum atomic E-state index is 0.796. The Morgan fingerprint density at radius 1 is 0.778 bits per heavy atom. The Labute approximate surface area is 106 Å². The maximum atomic E-state index is 4.29. The highest BCUT2D eigenvalue weighted by Gasteiger charge is 1.90. The van der Waals surface area contributed by atoms with E-state index in [-0.39, 0.29) is 0 Å². The van der Waals surface area contributed by atoms with E-state index in [4.69, 9.17) is 0 Å². The van der Waals surface area contributed by atoms with E-state index in [1.807, 2.05) is 50.2 Å². The molecule has 0 bridgehead atoms. The molecule has 4 nitrogen and oxygen atoms in total. The van der Waals surface area contributed by atoms with Crippen molar-refractivity contribution in [2.45, 2.75) is 13.8 Å². The fourth-order valence-corrected chi connectivity index (χ4v) is 1.46. The lowest BCUT2D eigenvalue weighted by atomic mass is 10.3. The normalized spacial score (nSPS) is 11.4. The van der Waals surface area contributed by atoms with Crippen LogP contribution in [0.2, 0.25) is 0 Å². The zero-order chi connectivity index (χ0) is 12.8. The molecule has 2 rings (SSSR count). The Bertz CT molecular complexity index is 534. The summed E-state index contributed by atoms with van der Waals surface area (Å²) in [6.45, 7) is 3.88. The molecule has 90 valence electrons. The molecule has 0 radical (unpaired) electrons. The fraction of sp³-hybridized carbons (Fsp3) is 0.143. The highest BCUT2D eigenvalue weighted by Crippen LogP contribution is 1.96. The lowest BCUT2D eigenvalue weighted by Gasteiger charge is -1.93. The highest BCUT2D eigenvalue weighted by atomic mass is 15.2. The van der Waals surface area contributed by atoms with E-state index in [0.29, 0.717) is 0 Å². The van der Waals surface area contributed by atoms with Crippen molar-refractivity contribution in [3.05, 3.63) is 59.2 Å². The van der Waals surface area contributed by atoms with Crippen molar-refractivity contribution in [2.75, 3.05) is 0 Å². The van der Waals surface area contributed by atoms with Crippen molar-refractivity contribution >= 4 is 12.4 Å². The van der Waals surface area contributed by atoms with Gasteiger partial charge in [0.2, 0.25) is 0 Å². The first kappa shape index (κ1) is 12.1. The maximum absolute atomic E-state index is 4.29. The van der Waals surface area contributed by atoms with Crippen LogP contribution in [0, 0.1) is 13.8 Å². The van der Waals surface area contributed by atoms with Crippen molar-refractivity contribution in [1.82, 2.24) is 9.97 Å². The van der Waals surface area contributed by atoms with Gasteiger partial charge in [-0.25, -0.2) is 0 Å². The van der Waals surface area contributed by atoms with Crippen LogP contribution in [0.25, 0.3) is 0 Å². The third-order valence-corrected chi connectivity index (χ3v) is 2.27. The number of hydrogen-bond donors (Lipinski definition) is 0. The van der Waals surface area contributed by atoms with Gasteiger partial charge in [-0.1, -0.05) is 12.1 Å². The summed E-state index contributed by atoms with van der Waals surface area (Å²) in [6.07, 6.45) is 3.25. The molecule has 0 aliphatic rings. The van der Waals surface area contributed by atoms with Crippen molar-refractivity contribution in [1.29, 1.82) is 0 Å². The first-order valence-corrected chi connectivity index (χ1v) is 5.68. The van der Waals surface area contributed by atoms with Crippen LogP contribution in [0.15, 0.2) is 46.6 Å². The molecule has 0 saturated carbocycles. The van der Waals surface area contributed by atoms with Gasteiger partial charge in [-0.05, 0) is 38.1 Å². The molecule has 0 fully saturated rings. The molecule has 0 aromatic carbocycles. The Morgan fingerprint density at radius 2 is 1.22 bits per heavy atom. The summed E-state index contributed by atoms with van der Waals surface area (Å²) in [5, 5.41) is 7.90. The summed E-state index contributed by atoms with van der Waals surface area (Å²) in [5.74, 6) is 0. The quantitative estimate of drug-likeness (QED) is 0.609. The van der Waals surface area contributed by atoms with E-state index in [1.54, 1.807) is 12.4 Å². The van der Waals surface area contributed by atoms with Gasteiger partial charge in [0.1, 0.15) is 0 Å². The molecular formula is C14H14N4. The summed E-state index contributed by atoms with van der Waals surface area (Å²) in [7, 11) is 0. The second-order valence-corrected chi connectivity index (χ2v) is 3.90. The van der Waals surface area contributed by atoms with Crippen LogP contribution in [0.5, 0.6) is 0 Å². The van der Waals surface area contributed by atoms with Gasteiger partial charge in [-0.15, -0.1) is 0 Å². The summed E-state index contributed by atoms with van der Waals surface area (Å²) >= 11 is 0. The fourth-order valence-electron chi connectivity index (χ4n) is 1.46. The SMILES string of the molecule is Cc1cccc(/C=N\N=C\c2cccc(C)n2)n1.